The second-order valence-electron chi connectivity index (χ2n) is 1.69. The molecule has 0 aromatic heterocycles. The van der Waals surface area contributed by atoms with Crippen LogP contribution >= 0.6 is 15.9 Å². The Bertz CT molecular complexity index is 229. The summed E-state index contributed by atoms with van der Waals surface area (Å²) in [6, 6.07) is 4.69. The molecule has 1 aromatic carbocycles. The topological polar surface area (TPSA) is 49.1 Å². The van der Waals surface area contributed by atoms with E-state index in [1.165, 1.54) is 6.07 Å². The molecule has 2 N–H and O–H groups in total. The van der Waals surface area contributed by atoms with Gasteiger partial charge in [0, 0.05) is 10.2 Å². The molecule has 0 aliphatic rings. The van der Waals surface area contributed by atoms with Crippen LogP contribution in [0, 0.1) is 0 Å². The number of anilines is 1. The van der Waals surface area contributed by atoms with Crippen molar-refractivity contribution in [2.24, 2.45) is 0 Å². The number of rotatable bonds is 0. The van der Waals surface area contributed by atoms with E-state index in [0.29, 0.717) is 10.2 Å². The van der Waals surface area contributed by atoms with Crippen LogP contribution in [-0.2, 0) is 0 Å². The van der Waals surface area contributed by atoms with Crippen LogP contribution in [0.3, 0.4) is 0 Å². The van der Waals surface area contributed by atoms with E-state index in [9.17, 15) is 5.11 Å². The molecule has 2 nitrogen and oxygen atoms in total. The number of hydrogen-bond acceptors (Lipinski definition) is 2. The zero-order valence-corrected chi connectivity index (χ0v) is 12.1. The Morgan fingerprint density at radius 2 is 2.00 bits per heavy atom. The van der Waals surface area contributed by atoms with Crippen LogP contribution in [0.15, 0.2) is 22.7 Å². The molecule has 0 fully saturated rings. The number of halogens is 1. The summed E-state index contributed by atoms with van der Waals surface area (Å²) in [7, 11) is 0. The summed E-state index contributed by atoms with van der Waals surface area (Å²) in [5.41, 5.74) is 5.81. The number of nitrogens with two attached hydrogens (primary N) is 1. The van der Waals surface area contributed by atoms with E-state index in [0.717, 1.165) is 0 Å². The van der Waals surface area contributed by atoms with E-state index >= 15 is 0 Å². The number of hydrogen-bond donors (Lipinski definition) is 1. The minimum atomic E-state index is -0.0741. The molecule has 0 saturated heterocycles. The van der Waals surface area contributed by atoms with Crippen molar-refractivity contribution in [3.63, 3.8) is 0 Å². The van der Waals surface area contributed by atoms with Crippen LogP contribution in [0.2, 0.25) is 0 Å². The predicted molar refractivity (Wildman–Crippen MR) is 38.0 cm³/mol. The SMILES string of the molecule is Nc1ccc(Br)c([O-])c1.[Rb+]. The van der Waals surface area contributed by atoms with Gasteiger partial charge in [-0.05, 0) is 18.2 Å². The second-order valence-corrected chi connectivity index (χ2v) is 2.54. The van der Waals surface area contributed by atoms with Gasteiger partial charge < -0.3 is 10.8 Å². The van der Waals surface area contributed by atoms with Crippen molar-refractivity contribution in [1.82, 2.24) is 0 Å². The van der Waals surface area contributed by atoms with E-state index in [4.69, 9.17) is 5.73 Å². The average molecular weight is 272 g/mol. The number of benzene rings is 1. The first-order valence-electron chi connectivity index (χ1n) is 2.42. The van der Waals surface area contributed by atoms with Gasteiger partial charge in [-0.1, -0.05) is 21.7 Å². The van der Waals surface area contributed by atoms with Gasteiger partial charge in [-0.15, -0.1) is 0 Å². The minimum absolute atomic E-state index is 0. The van der Waals surface area contributed by atoms with Gasteiger partial charge in [0.1, 0.15) is 0 Å². The summed E-state index contributed by atoms with van der Waals surface area (Å²) in [6.45, 7) is 0. The molecule has 0 amide bonds. The Kier molecular flexibility index (Phi) is 5.42. The Labute approximate surface area is 117 Å². The summed E-state index contributed by atoms with van der Waals surface area (Å²) < 4.78 is 0.553. The normalized spacial score (nSPS) is 8.50. The van der Waals surface area contributed by atoms with Crippen LogP contribution < -0.4 is 69.0 Å². The van der Waals surface area contributed by atoms with Gasteiger partial charge in [0.25, 0.3) is 0 Å². The molecule has 0 spiro atoms. The summed E-state index contributed by atoms with van der Waals surface area (Å²) >= 11 is 3.06. The molecule has 48 valence electrons. The summed E-state index contributed by atoms with van der Waals surface area (Å²) in [5, 5.41) is 10.7. The van der Waals surface area contributed by atoms with Crippen molar-refractivity contribution >= 4 is 21.6 Å². The molecule has 0 radical (unpaired) electrons. The van der Waals surface area contributed by atoms with E-state index in [1.54, 1.807) is 12.1 Å². The van der Waals surface area contributed by atoms with Gasteiger partial charge in [0.05, 0.1) is 0 Å². The largest absolute Gasteiger partial charge is 1.00 e. The standard InChI is InChI=1S/C6H6BrNO.Rb/c7-5-2-1-4(8)3-6(5)9;/h1-3,9H,8H2;/q;+1/p-1. The Morgan fingerprint density at radius 1 is 1.40 bits per heavy atom. The Hall–Kier alpha value is 1.11. The fourth-order valence-corrected chi connectivity index (χ4v) is 0.767. The Balaban J connectivity index is 0.000000810. The van der Waals surface area contributed by atoms with Gasteiger partial charge in [-0.25, -0.2) is 0 Å². The summed E-state index contributed by atoms with van der Waals surface area (Å²) in [4.78, 5) is 0. The van der Waals surface area contributed by atoms with Crippen molar-refractivity contribution in [1.29, 1.82) is 0 Å². The van der Waals surface area contributed by atoms with Gasteiger partial charge in [0.15, 0.2) is 0 Å². The van der Waals surface area contributed by atoms with Gasteiger partial charge >= 0.3 is 58.2 Å². The molecule has 0 aliphatic carbocycles. The molecular weight excluding hydrogens is 267 g/mol. The minimum Gasteiger partial charge on any atom is -0.872 e. The first-order valence-corrected chi connectivity index (χ1v) is 3.21. The first kappa shape index (κ1) is 11.1. The van der Waals surface area contributed by atoms with Gasteiger partial charge in [-0.2, -0.15) is 0 Å². The smallest absolute Gasteiger partial charge is 0.872 e. The van der Waals surface area contributed by atoms with Crippen molar-refractivity contribution in [2.45, 2.75) is 0 Å². The van der Waals surface area contributed by atoms with E-state index in [2.05, 4.69) is 15.9 Å². The zero-order chi connectivity index (χ0) is 6.85. The molecule has 0 saturated carbocycles. The van der Waals surface area contributed by atoms with Crippen molar-refractivity contribution in [3.05, 3.63) is 22.7 Å². The molecule has 0 bridgehead atoms. The maximum absolute atomic E-state index is 10.7. The molecular formula is C6H5BrNORb. The third-order valence-corrected chi connectivity index (χ3v) is 1.61. The van der Waals surface area contributed by atoms with Gasteiger partial charge in [-0.3, -0.25) is 0 Å². The second kappa shape index (κ2) is 4.88. The van der Waals surface area contributed by atoms with Crippen LogP contribution in [-0.4, -0.2) is 0 Å². The summed E-state index contributed by atoms with van der Waals surface area (Å²) in [6.07, 6.45) is 0. The monoisotopic (exact) mass is 271 g/mol. The van der Waals surface area contributed by atoms with Crippen LogP contribution in [0.4, 0.5) is 5.69 Å². The molecule has 1 rings (SSSR count). The molecule has 4 heteroatoms. The molecule has 10 heavy (non-hydrogen) atoms. The zero-order valence-electron chi connectivity index (χ0n) is 5.60. The molecule has 0 unspecified atom stereocenters. The Morgan fingerprint density at radius 3 is 2.40 bits per heavy atom. The molecule has 0 aliphatic heterocycles. The van der Waals surface area contributed by atoms with Crippen molar-refractivity contribution in [3.8, 4) is 5.75 Å². The van der Waals surface area contributed by atoms with Crippen LogP contribution in [0.5, 0.6) is 5.75 Å². The van der Waals surface area contributed by atoms with E-state index in [1.807, 2.05) is 0 Å². The third-order valence-electron chi connectivity index (χ3n) is 0.955. The maximum Gasteiger partial charge on any atom is 1.00 e. The average Bonchev–Trinajstić information content (AvgIpc) is 1.80. The van der Waals surface area contributed by atoms with Gasteiger partial charge in [0.2, 0.25) is 0 Å². The predicted octanol–water partition coefficient (Wildman–Crippen LogP) is -1.89. The maximum atomic E-state index is 10.7. The fourth-order valence-electron chi connectivity index (χ4n) is 0.520. The molecule has 1 aromatic rings. The quantitative estimate of drug-likeness (QED) is 0.562. The third kappa shape index (κ3) is 3.01. The molecule has 0 heterocycles. The fraction of sp³-hybridized carbons (Fsp3) is 0. The van der Waals surface area contributed by atoms with E-state index < -0.39 is 0 Å². The van der Waals surface area contributed by atoms with Crippen molar-refractivity contribution < 1.29 is 63.3 Å². The van der Waals surface area contributed by atoms with Crippen molar-refractivity contribution in [2.75, 3.05) is 5.73 Å². The van der Waals surface area contributed by atoms with Crippen LogP contribution in [0.25, 0.3) is 0 Å². The first-order chi connectivity index (χ1) is 4.20. The van der Waals surface area contributed by atoms with E-state index in [-0.39, 0.29) is 63.9 Å². The number of nitrogen functional groups attached to an aromatic ring is 1. The summed E-state index contributed by atoms with van der Waals surface area (Å²) in [5.74, 6) is -0.0741. The molecule has 0 atom stereocenters. The van der Waals surface area contributed by atoms with Crippen LogP contribution in [0.1, 0.15) is 0 Å².